The summed E-state index contributed by atoms with van der Waals surface area (Å²) in [5.74, 6) is 0.483. The lowest BCUT2D eigenvalue weighted by Crippen LogP contribution is -2.08. The largest absolute Gasteiger partial charge is 0.491 e. The summed E-state index contributed by atoms with van der Waals surface area (Å²) in [4.78, 5) is -0.363. The van der Waals surface area contributed by atoms with E-state index in [2.05, 4.69) is 0 Å². The molecule has 0 amide bonds. The maximum Gasteiger partial charge on any atom is 0.298 e. The summed E-state index contributed by atoms with van der Waals surface area (Å²) in [6, 6.07) is 7.57. The van der Waals surface area contributed by atoms with Crippen LogP contribution in [0.5, 0.6) is 11.5 Å². The molecule has 0 saturated carbocycles. The number of benzene rings is 2. The summed E-state index contributed by atoms with van der Waals surface area (Å²) < 4.78 is 42.7. The van der Waals surface area contributed by atoms with E-state index in [1.165, 1.54) is 12.1 Å². The monoisotopic (exact) mass is 328 g/mol. The molecule has 0 unspecified atom stereocenters. The van der Waals surface area contributed by atoms with Crippen LogP contribution in [-0.4, -0.2) is 49.6 Å². The molecule has 0 aromatic heterocycles. The Bertz CT molecular complexity index is 755. The van der Waals surface area contributed by atoms with Gasteiger partial charge in [-0.2, -0.15) is 8.42 Å². The van der Waals surface area contributed by atoms with Gasteiger partial charge in [0.15, 0.2) is 0 Å². The van der Waals surface area contributed by atoms with Gasteiger partial charge in [-0.1, -0.05) is 6.07 Å². The molecule has 0 saturated heterocycles. The van der Waals surface area contributed by atoms with Gasteiger partial charge in [-0.05, 0) is 29.7 Å². The van der Waals surface area contributed by atoms with Crippen molar-refractivity contribution in [1.29, 1.82) is 0 Å². The van der Waals surface area contributed by atoms with E-state index < -0.39 is 10.1 Å². The van der Waals surface area contributed by atoms with Gasteiger partial charge in [0.05, 0.1) is 13.2 Å². The Balaban J connectivity index is 2.55. The zero-order valence-corrected chi connectivity index (χ0v) is 12.4. The highest BCUT2D eigenvalue weighted by atomic mass is 32.2. The standard InChI is InChI=1S/C14H16O7S/c15-5-7-20-11-2-3-12-10(9-11)1-4-13(22(17,18)19)14(12)21-8-6-16/h1-4,9,15-16H,5-8H2,(H,17,18,19). The van der Waals surface area contributed by atoms with E-state index in [0.717, 1.165) is 0 Å². The number of aliphatic hydroxyl groups excluding tert-OH is 2. The lowest BCUT2D eigenvalue weighted by atomic mass is 10.1. The van der Waals surface area contributed by atoms with Crippen LogP contribution in [-0.2, 0) is 10.1 Å². The molecule has 0 heterocycles. The van der Waals surface area contributed by atoms with E-state index in [1.807, 2.05) is 0 Å². The second-order valence-electron chi connectivity index (χ2n) is 4.39. The number of rotatable bonds is 7. The molecule has 120 valence electrons. The third kappa shape index (κ3) is 3.66. The van der Waals surface area contributed by atoms with E-state index >= 15 is 0 Å². The Morgan fingerprint density at radius 2 is 1.64 bits per heavy atom. The normalized spacial score (nSPS) is 11.6. The minimum atomic E-state index is -4.45. The molecule has 2 aromatic rings. The lowest BCUT2D eigenvalue weighted by molar-refractivity contribution is 0.199. The molecule has 0 spiro atoms. The van der Waals surface area contributed by atoms with Crippen molar-refractivity contribution in [1.82, 2.24) is 0 Å². The number of fused-ring (bicyclic) bond motifs is 1. The molecule has 0 aliphatic heterocycles. The Hall–Kier alpha value is -1.87. The van der Waals surface area contributed by atoms with E-state index in [-0.39, 0.29) is 37.1 Å². The van der Waals surface area contributed by atoms with Crippen LogP contribution in [0.1, 0.15) is 0 Å². The van der Waals surface area contributed by atoms with Crippen molar-refractivity contribution in [2.24, 2.45) is 0 Å². The predicted octanol–water partition coefficient (Wildman–Crippen LogP) is 0.829. The van der Waals surface area contributed by atoms with Gasteiger partial charge in [-0.25, -0.2) is 0 Å². The minimum Gasteiger partial charge on any atom is -0.491 e. The summed E-state index contributed by atoms with van der Waals surface area (Å²) in [5.41, 5.74) is 0. The van der Waals surface area contributed by atoms with E-state index in [9.17, 15) is 13.0 Å². The lowest BCUT2D eigenvalue weighted by Gasteiger charge is -2.13. The van der Waals surface area contributed by atoms with Gasteiger partial charge in [-0.15, -0.1) is 0 Å². The Labute approximate surface area is 127 Å². The SMILES string of the molecule is O=S(=O)(O)c1ccc2cc(OCCO)ccc2c1OCCO. The third-order valence-electron chi connectivity index (χ3n) is 2.88. The van der Waals surface area contributed by atoms with Gasteiger partial charge in [0.1, 0.15) is 29.6 Å². The molecule has 0 aliphatic carbocycles. The number of hydrogen-bond donors (Lipinski definition) is 3. The van der Waals surface area contributed by atoms with Crippen LogP contribution >= 0.6 is 0 Å². The number of aliphatic hydroxyl groups is 2. The maximum atomic E-state index is 11.4. The molecule has 22 heavy (non-hydrogen) atoms. The minimum absolute atomic E-state index is 0.0252. The summed E-state index contributed by atoms with van der Waals surface area (Å²) in [7, 11) is -4.45. The van der Waals surface area contributed by atoms with Gasteiger partial charge in [0, 0.05) is 5.39 Å². The molecule has 0 radical (unpaired) electrons. The molecular weight excluding hydrogens is 312 g/mol. The summed E-state index contributed by atoms with van der Waals surface area (Å²) in [6.45, 7) is -0.379. The highest BCUT2D eigenvalue weighted by Gasteiger charge is 2.19. The highest BCUT2D eigenvalue weighted by molar-refractivity contribution is 7.86. The van der Waals surface area contributed by atoms with Gasteiger partial charge in [0.25, 0.3) is 10.1 Å². The van der Waals surface area contributed by atoms with Crippen molar-refractivity contribution in [3.63, 3.8) is 0 Å². The molecular formula is C14H16O7S. The molecule has 0 atom stereocenters. The molecule has 0 fully saturated rings. The molecule has 2 rings (SSSR count). The fraction of sp³-hybridized carbons (Fsp3) is 0.286. The van der Waals surface area contributed by atoms with Crippen molar-refractivity contribution >= 4 is 20.9 Å². The van der Waals surface area contributed by atoms with Crippen LogP contribution in [0.15, 0.2) is 35.2 Å². The van der Waals surface area contributed by atoms with Gasteiger partial charge >= 0.3 is 0 Å². The summed E-state index contributed by atoms with van der Waals surface area (Å²) >= 11 is 0. The molecule has 7 nitrogen and oxygen atoms in total. The molecule has 0 aliphatic rings. The Morgan fingerprint density at radius 3 is 2.27 bits per heavy atom. The number of hydrogen-bond acceptors (Lipinski definition) is 6. The van der Waals surface area contributed by atoms with Crippen molar-refractivity contribution in [3.8, 4) is 11.5 Å². The first-order valence-electron chi connectivity index (χ1n) is 6.49. The van der Waals surface area contributed by atoms with E-state index in [4.69, 9.17) is 19.7 Å². The number of ether oxygens (including phenoxy) is 2. The molecule has 8 heteroatoms. The zero-order valence-electron chi connectivity index (χ0n) is 11.6. The quantitative estimate of drug-likeness (QED) is 0.645. The highest BCUT2D eigenvalue weighted by Crippen LogP contribution is 2.34. The molecule has 0 bridgehead atoms. The third-order valence-corrected chi connectivity index (χ3v) is 3.76. The van der Waals surface area contributed by atoms with Crippen LogP contribution in [0.3, 0.4) is 0 Å². The first kappa shape index (κ1) is 16.5. The average Bonchev–Trinajstić information content (AvgIpc) is 2.49. The van der Waals surface area contributed by atoms with Crippen molar-refractivity contribution in [2.75, 3.05) is 26.4 Å². The first-order chi connectivity index (χ1) is 10.5. The van der Waals surface area contributed by atoms with Crippen LogP contribution in [0.2, 0.25) is 0 Å². The predicted molar refractivity (Wildman–Crippen MR) is 78.9 cm³/mol. The maximum absolute atomic E-state index is 11.4. The first-order valence-corrected chi connectivity index (χ1v) is 7.93. The molecule has 2 aromatic carbocycles. The van der Waals surface area contributed by atoms with Crippen LogP contribution in [0.25, 0.3) is 10.8 Å². The summed E-state index contributed by atoms with van der Waals surface area (Å²) in [6.07, 6.45) is 0. The second-order valence-corrected chi connectivity index (χ2v) is 5.78. The van der Waals surface area contributed by atoms with Crippen LogP contribution < -0.4 is 9.47 Å². The van der Waals surface area contributed by atoms with Crippen LogP contribution in [0.4, 0.5) is 0 Å². The fourth-order valence-electron chi connectivity index (χ4n) is 2.01. The van der Waals surface area contributed by atoms with E-state index in [0.29, 0.717) is 16.5 Å². The topological polar surface area (TPSA) is 113 Å². The van der Waals surface area contributed by atoms with Gasteiger partial charge in [-0.3, -0.25) is 4.55 Å². The van der Waals surface area contributed by atoms with Crippen LogP contribution in [0, 0.1) is 0 Å². The average molecular weight is 328 g/mol. The van der Waals surface area contributed by atoms with Gasteiger partial charge in [0.2, 0.25) is 0 Å². The van der Waals surface area contributed by atoms with E-state index in [1.54, 1.807) is 18.2 Å². The second kappa shape index (κ2) is 6.93. The van der Waals surface area contributed by atoms with Gasteiger partial charge < -0.3 is 19.7 Å². The van der Waals surface area contributed by atoms with Crippen molar-refractivity contribution in [3.05, 3.63) is 30.3 Å². The zero-order chi connectivity index (χ0) is 16.2. The Kier molecular flexibility index (Phi) is 5.19. The van der Waals surface area contributed by atoms with Crippen molar-refractivity contribution < 1.29 is 32.7 Å². The summed E-state index contributed by atoms with van der Waals surface area (Å²) in [5, 5.41) is 18.7. The van der Waals surface area contributed by atoms with Crippen molar-refractivity contribution in [2.45, 2.75) is 4.90 Å². The molecule has 3 N–H and O–H groups in total. The Morgan fingerprint density at radius 1 is 0.955 bits per heavy atom. The smallest absolute Gasteiger partial charge is 0.298 e. The fourth-order valence-corrected chi connectivity index (χ4v) is 2.66.